The van der Waals surface area contributed by atoms with Crippen molar-refractivity contribution in [2.24, 2.45) is 0 Å². The van der Waals surface area contributed by atoms with Crippen LogP contribution in [-0.4, -0.2) is 34.8 Å². The van der Waals surface area contributed by atoms with E-state index in [4.69, 9.17) is 16.3 Å². The minimum absolute atomic E-state index is 0.551. The van der Waals surface area contributed by atoms with Crippen molar-refractivity contribution in [3.63, 3.8) is 0 Å². The second-order valence-electron chi connectivity index (χ2n) is 2.19. The van der Waals surface area contributed by atoms with Crippen LogP contribution in [0.4, 0.5) is 0 Å². The first-order valence-electron chi connectivity index (χ1n) is 3.96. The van der Waals surface area contributed by atoms with E-state index in [1.165, 1.54) is 0 Å². The molecule has 0 radical (unpaired) electrons. The summed E-state index contributed by atoms with van der Waals surface area (Å²) >= 11 is 7.07. The van der Waals surface area contributed by atoms with Crippen molar-refractivity contribution >= 4 is 23.4 Å². The molecule has 1 heterocycles. The molecule has 0 saturated heterocycles. The van der Waals surface area contributed by atoms with Gasteiger partial charge in [0.25, 0.3) is 0 Å². The maximum atomic E-state index is 5.44. The SMILES string of the molecule is ClCCOCCSc1cnccn1. The van der Waals surface area contributed by atoms with E-state index in [-0.39, 0.29) is 0 Å². The van der Waals surface area contributed by atoms with Gasteiger partial charge in [0.05, 0.1) is 19.4 Å². The number of hydrogen-bond acceptors (Lipinski definition) is 4. The number of ether oxygens (including phenoxy) is 1. The zero-order valence-corrected chi connectivity index (χ0v) is 8.72. The number of aromatic nitrogens is 2. The molecule has 13 heavy (non-hydrogen) atoms. The second-order valence-corrected chi connectivity index (χ2v) is 3.69. The predicted molar refractivity (Wildman–Crippen MR) is 54.3 cm³/mol. The molecule has 5 heteroatoms. The lowest BCUT2D eigenvalue weighted by molar-refractivity contribution is 0.166. The third-order valence-electron chi connectivity index (χ3n) is 1.24. The molecule has 3 nitrogen and oxygen atoms in total. The second kappa shape index (κ2) is 7.12. The van der Waals surface area contributed by atoms with E-state index in [2.05, 4.69) is 9.97 Å². The average molecular weight is 219 g/mol. The number of alkyl halides is 1. The first-order valence-corrected chi connectivity index (χ1v) is 5.48. The summed E-state index contributed by atoms with van der Waals surface area (Å²) < 4.78 is 5.20. The van der Waals surface area contributed by atoms with Gasteiger partial charge in [-0.1, -0.05) is 0 Å². The van der Waals surface area contributed by atoms with E-state index in [9.17, 15) is 0 Å². The summed E-state index contributed by atoms with van der Waals surface area (Å²) in [7, 11) is 0. The third-order valence-corrected chi connectivity index (χ3v) is 2.27. The molecule has 0 N–H and O–H groups in total. The molecule has 0 amide bonds. The van der Waals surface area contributed by atoms with Gasteiger partial charge in [-0.3, -0.25) is 4.98 Å². The summed E-state index contributed by atoms with van der Waals surface area (Å²) in [4.78, 5) is 8.07. The van der Waals surface area contributed by atoms with E-state index >= 15 is 0 Å². The van der Waals surface area contributed by atoms with Gasteiger partial charge in [0.2, 0.25) is 0 Å². The summed E-state index contributed by atoms with van der Waals surface area (Å²) in [5, 5.41) is 0.928. The van der Waals surface area contributed by atoms with Crippen molar-refractivity contribution in [3.8, 4) is 0 Å². The van der Waals surface area contributed by atoms with Crippen LogP contribution >= 0.6 is 23.4 Å². The van der Waals surface area contributed by atoms with Gasteiger partial charge < -0.3 is 4.74 Å². The first-order chi connectivity index (χ1) is 6.43. The monoisotopic (exact) mass is 218 g/mol. The van der Waals surface area contributed by atoms with E-state index in [0.717, 1.165) is 10.8 Å². The van der Waals surface area contributed by atoms with Crippen molar-refractivity contribution in [1.29, 1.82) is 0 Å². The van der Waals surface area contributed by atoms with Gasteiger partial charge in [-0.25, -0.2) is 4.98 Å². The van der Waals surface area contributed by atoms with Gasteiger partial charge >= 0.3 is 0 Å². The van der Waals surface area contributed by atoms with Crippen LogP contribution in [0.5, 0.6) is 0 Å². The molecule has 0 aliphatic carbocycles. The van der Waals surface area contributed by atoms with Crippen molar-refractivity contribution in [2.75, 3.05) is 24.8 Å². The Hall–Kier alpha value is -0.320. The van der Waals surface area contributed by atoms with Gasteiger partial charge in [-0.05, 0) is 0 Å². The van der Waals surface area contributed by atoms with Gasteiger partial charge in [-0.15, -0.1) is 23.4 Å². The quantitative estimate of drug-likeness (QED) is 0.415. The molecule has 1 rings (SSSR count). The van der Waals surface area contributed by atoms with Crippen molar-refractivity contribution in [3.05, 3.63) is 18.6 Å². The number of thioether (sulfide) groups is 1. The molecule has 0 aliphatic heterocycles. The molecular weight excluding hydrogens is 208 g/mol. The molecule has 0 fully saturated rings. The summed E-state index contributed by atoms with van der Waals surface area (Å²) in [5.41, 5.74) is 0. The third kappa shape index (κ3) is 5.08. The summed E-state index contributed by atoms with van der Waals surface area (Å²) in [5.74, 6) is 1.44. The van der Waals surface area contributed by atoms with Crippen LogP contribution < -0.4 is 0 Å². The Morgan fingerprint density at radius 1 is 1.38 bits per heavy atom. The lowest BCUT2D eigenvalue weighted by Gasteiger charge is -2.00. The van der Waals surface area contributed by atoms with Crippen LogP contribution in [0, 0.1) is 0 Å². The largest absolute Gasteiger partial charge is 0.379 e. The molecule has 0 aliphatic rings. The van der Waals surface area contributed by atoms with Crippen LogP contribution in [0.2, 0.25) is 0 Å². The van der Waals surface area contributed by atoms with Crippen LogP contribution in [0.15, 0.2) is 23.6 Å². The van der Waals surface area contributed by atoms with E-state index in [1.807, 2.05) is 0 Å². The Bertz CT molecular complexity index is 223. The van der Waals surface area contributed by atoms with Crippen molar-refractivity contribution in [2.45, 2.75) is 5.03 Å². The fourth-order valence-electron chi connectivity index (χ4n) is 0.722. The highest BCUT2D eigenvalue weighted by molar-refractivity contribution is 7.99. The summed E-state index contributed by atoms with van der Waals surface area (Å²) in [6, 6.07) is 0. The lowest BCUT2D eigenvalue weighted by Crippen LogP contribution is -2.00. The Morgan fingerprint density at radius 2 is 2.31 bits per heavy atom. The van der Waals surface area contributed by atoms with Crippen LogP contribution in [0.1, 0.15) is 0 Å². The Kier molecular flexibility index (Phi) is 5.89. The van der Waals surface area contributed by atoms with Crippen LogP contribution in [-0.2, 0) is 4.74 Å². The minimum atomic E-state index is 0.551. The van der Waals surface area contributed by atoms with Gasteiger partial charge in [0.1, 0.15) is 5.03 Å². The number of halogens is 1. The molecule has 0 unspecified atom stereocenters. The van der Waals surface area contributed by atoms with Crippen molar-refractivity contribution in [1.82, 2.24) is 9.97 Å². The number of rotatable bonds is 6. The molecule has 1 aromatic rings. The fourth-order valence-corrected chi connectivity index (χ4v) is 1.51. The highest BCUT2D eigenvalue weighted by Gasteiger charge is 1.93. The molecule has 0 atom stereocenters. The molecule has 1 aromatic heterocycles. The molecule has 72 valence electrons. The van der Waals surface area contributed by atoms with Gasteiger partial charge in [0, 0.05) is 24.0 Å². The Morgan fingerprint density at radius 3 is 3.00 bits per heavy atom. The molecule has 0 saturated carbocycles. The highest BCUT2D eigenvalue weighted by atomic mass is 35.5. The zero-order valence-electron chi connectivity index (χ0n) is 7.15. The van der Waals surface area contributed by atoms with E-state index in [1.54, 1.807) is 30.4 Å². The van der Waals surface area contributed by atoms with Gasteiger partial charge in [0.15, 0.2) is 0 Å². The van der Waals surface area contributed by atoms with E-state index in [0.29, 0.717) is 19.1 Å². The zero-order chi connectivity index (χ0) is 9.36. The molecular formula is C8H11ClN2OS. The average Bonchev–Trinajstić information content (AvgIpc) is 2.19. The Balaban J connectivity index is 2.07. The number of hydrogen-bond donors (Lipinski definition) is 0. The van der Waals surface area contributed by atoms with Crippen LogP contribution in [0.3, 0.4) is 0 Å². The minimum Gasteiger partial charge on any atom is -0.379 e. The first kappa shape index (κ1) is 10.8. The van der Waals surface area contributed by atoms with Crippen LogP contribution in [0.25, 0.3) is 0 Å². The summed E-state index contributed by atoms with van der Waals surface area (Å²) in [6.45, 7) is 1.32. The maximum Gasteiger partial charge on any atom is 0.114 e. The normalized spacial score (nSPS) is 10.2. The smallest absolute Gasteiger partial charge is 0.114 e. The van der Waals surface area contributed by atoms with Gasteiger partial charge in [-0.2, -0.15) is 0 Å². The number of nitrogens with zero attached hydrogens (tertiary/aromatic N) is 2. The summed E-state index contributed by atoms with van der Waals surface area (Å²) in [6.07, 6.45) is 5.09. The molecule has 0 bridgehead atoms. The lowest BCUT2D eigenvalue weighted by atomic mass is 10.8. The fraction of sp³-hybridized carbons (Fsp3) is 0.500. The standard InChI is InChI=1S/C8H11ClN2OS/c9-1-4-12-5-6-13-8-7-10-2-3-11-8/h2-3,7H,1,4-6H2. The molecule has 0 aromatic carbocycles. The highest BCUT2D eigenvalue weighted by Crippen LogP contribution is 2.11. The maximum absolute atomic E-state index is 5.44. The predicted octanol–water partition coefficient (Wildman–Crippen LogP) is 1.82. The Labute approximate surface area is 86.9 Å². The molecule has 0 spiro atoms. The van der Waals surface area contributed by atoms with E-state index < -0.39 is 0 Å². The van der Waals surface area contributed by atoms with Crippen molar-refractivity contribution < 1.29 is 4.74 Å². The topological polar surface area (TPSA) is 35.0 Å².